The van der Waals surface area contributed by atoms with Crippen LogP contribution in [0.1, 0.15) is 44.4 Å². The molecule has 32 heavy (non-hydrogen) atoms. The Morgan fingerprint density at radius 1 is 1.12 bits per heavy atom. The molecular weight excluding hydrogens is 447 g/mol. The van der Waals surface area contributed by atoms with Crippen LogP contribution in [-0.2, 0) is 16.8 Å². The number of benzene rings is 1. The number of anilines is 2. The van der Waals surface area contributed by atoms with Gasteiger partial charge in [-0.2, -0.15) is 0 Å². The fraction of sp³-hybridized carbons (Fsp3) is 0.500. The van der Waals surface area contributed by atoms with Gasteiger partial charge in [-0.1, -0.05) is 35.7 Å². The Labute approximate surface area is 199 Å². The number of amides is 1. The van der Waals surface area contributed by atoms with Crippen molar-refractivity contribution in [1.82, 2.24) is 9.88 Å². The molecule has 172 valence electrons. The van der Waals surface area contributed by atoms with Crippen LogP contribution in [0.3, 0.4) is 0 Å². The Morgan fingerprint density at radius 3 is 2.69 bits per heavy atom. The molecule has 1 amide bonds. The van der Waals surface area contributed by atoms with E-state index in [2.05, 4.69) is 20.1 Å². The van der Waals surface area contributed by atoms with Gasteiger partial charge >= 0.3 is 6.09 Å². The van der Waals surface area contributed by atoms with Crippen molar-refractivity contribution in [3.8, 4) is 0 Å². The summed E-state index contributed by atoms with van der Waals surface area (Å²) < 4.78 is 5.34. The van der Waals surface area contributed by atoms with Gasteiger partial charge in [-0.15, -0.1) is 0 Å². The number of rotatable bonds is 7. The maximum atomic E-state index is 11.8. The van der Waals surface area contributed by atoms with Crippen LogP contribution < -0.4 is 10.2 Å². The van der Waals surface area contributed by atoms with Crippen LogP contribution in [0, 0.1) is 0 Å². The van der Waals surface area contributed by atoms with Gasteiger partial charge in [0.25, 0.3) is 0 Å². The van der Waals surface area contributed by atoms with E-state index in [1.807, 2.05) is 44.3 Å². The van der Waals surface area contributed by atoms with Crippen molar-refractivity contribution >= 4 is 40.7 Å². The van der Waals surface area contributed by atoms with Gasteiger partial charge in [0, 0.05) is 43.6 Å². The van der Waals surface area contributed by atoms with Gasteiger partial charge in [-0.3, -0.25) is 15.2 Å². The smallest absolute Gasteiger partial charge is 0.412 e. The molecule has 2 aliphatic rings. The summed E-state index contributed by atoms with van der Waals surface area (Å²) in [6, 6.07) is 7.81. The quantitative estimate of drug-likeness (QED) is 0.517. The number of aromatic nitrogens is 1. The molecule has 1 fully saturated rings. The Hall–Kier alpha value is -2.02. The van der Waals surface area contributed by atoms with E-state index in [9.17, 15) is 4.79 Å². The van der Waals surface area contributed by atoms with Crippen LogP contribution in [0.5, 0.6) is 0 Å². The monoisotopic (exact) mass is 476 g/mol. The van der Waals surface area contributed by atoms with Crippen molar-refractivity contribution in [1.29, 1.82) is 0 Å². The molecule has 2 aliphatic heterocycles. The number of halogens is 2. The average molecular weight is 477 g/mol. The lowest BCUT2D eigenvalue weighted by Crippen LogP contribution is -2.46. The van der Waals surface area contributed by atoms with E-state index in [0.29, 0.717) is 10.0 Å². The second-order valence-corrected chi connectivity index (χ2v) is 9.74. The van der Waals surface area contributed by atoms with Crippen molar-refractivity contribution in [2.24, 2.45) is 0 Å². The number of fused-ring (bicyclic) bond motifs is 1. The number of hydrogen-bond acceptors (Lipinski definition) is 5. The topological polar surface area (TPSA) is 57.7 Å². The predicted octanol–water partition coefficient (Wildman–Crippen LogP) is 5.72. The molecule has 0 spiro atoms. The van der Waals surface area contributed by atoms with E-state index in [1.165, 1.54) is 6.42 Å². The summed E-state index contributed by atoms with van der Waals surface area (Å²) in [6.45, 7) is 8.87. The summed E-state index contributed by atoms with van der Waals surface area (Å²) >= 11 is 12.5. The molecule has 0 bridgehead atoms. The van der Waals surface area contributed by atoms with E-state index in [0.717, 1.165) is 74.6 Å². The number of carbonyl (C=O) groups is 1. The first kappa shape index (κ1) is 23.1. The highest BCUT2D eigenvalue weighted by atomic mass is 35.5. The number of aryl methyl sites for hydroxylation is 1. The first-order valence-corrected chi connectivity index (χ1v) is 12.0. The lowest BCUT2D eigenvalue weighted by Gasteiger charge is -2.36. The summed E-state index contributed by atoms with van der Waals surface area (Å²) in [5, 5.41) is 4.05. The standard InChI is InChI=1S/C24H30Cl2N4O2/c1-24(2)18-16-27-17(15-20(18)28-23(31)32-24)7-4-3-5-10-29-11-13-30(14-12-29)21-9-6-8-19(25)22(21)26/h6,8-9,15-16H,3-5,7,10-14H2,1-2H3,(H,28,31). The van der Waals surface area contributed by atoms with Crippen molar-refractivity contribution < 1.29 is 9.53 Å². The van der Waals surface area contributed by atoms with Crippen molar-refractivity contribution in [2.75, 3.05) is 42.9 Å². The summed E-state index contributed by atoms with van der Waals surface area (Å²) in [4.78, 5) is 21.2. The normalized spacial score (nSPS) is 18.1. The number of hydrogen-bond donors (Lipinski definition) is 1. The molecule has 0 radical (unpaired) electrons. The molecule has 0 aliphatic carbocycles. The van der Waals surface area contributed by atoms with Crippen LogP contribution in [0.15, 0.2) is 30.5 Å². The van der Waals surface area contributed by atoms with E-state index in [-0.39, 0.29) is 0 Å². The Morgan fingerprint density at radius 2 is 1.91 bits per heavy atom. The molecule has 4 rings (SSSR count). The third-order valence-electron chi connectivity index (χ3n) is 6.25. The molecule has 3 heterocycles. The number of pyridine rings is 1. The number of piperazine rings is 1. The highest BCUT2D eigenvalue weighted by Crippen LogP contribution is 2.35. The molecule has 1 aromatic carbocycles. The van der Waals surface area contributed by atoms with Gasteiger partial charge in [0.05, 0.1) is 21.4 Å². The number of nitrogens with zero attached hydrogens (tertiary/aromatic N) is 3. The number of ether oxygens (including phenoxy) is 1. The maximum Gasteiger partial charge on any atom is 0.412 e. The van der Waals surface area contributed by atoms with Gasteiger partial charge in [0.15, 0.2) is 0 Å². The summed E-state index contributed by atoms with van der Waals surface area (Å²) in [5.74, 6) is 0. The summed E-state index contributed by atoms with van der Waals surface area (Å²) in [5.41, 5.74) is 3.12. The number of cyclic esters (lactones) is 1. The molecule has 1 saturated heterocycles. The van der Waals surface area contributed by atoms with E-state index in [4.69, 9.17) is 27.9 Å². The van der Waals surface area contributed by atoms with E-state index >= 15 is 0 Å². The molecule has 0 saturated carbocycles. The minimum Gasteiger partial charge on any atom is -0.438 e. The van der Waals surface area contributed by atoms with Crippen LogP contribution in [0.4, 0.5) is 16.2 Å². The summed E-state index contributed by atoms with van der Waals surface area (Å²) in [7, 11) is 0. The third-order valence-corrected chi connectivity index (χ3v) is 7.05. The van der Waals surface area contributed by atoms with Crippen LogP contribution in [0.2, 0.25) is 10.0 Å². The van der Waals surface area contributed by atoms with Gasteiger partial charge in [0.1, 0.15) is 5.60 Å². The lowest BCUT2D eigenvalue weighted by molar-refractivity contribution is 0.0417. The van der Waals surface area contributed by atoms with Crippen molar-refractivity contribution in [3.05, 3.63) is 51.8 Å². The molecule has 6 nitrogen and oxygen atoms in total. The van der Waals surface area contributed by atoms with Gasteiger partial charge in [-0.25, -0.2) is 4.79 Å². The fourth-order valence-corrected chi connectivity index (χ4v) is 4.82. The minimum atomic E-state index is -0.647. The second kappa shape index (κ2) is 9.86. The summed E-state index contributed by atoms with van der Waals surface area (Å²) in [6.07, 6.45) is 5.73. The minimum absolute atomic E-state index is 0.405. The average Bonchev–Trinajstić information content (AvgIpc) is 2.75. The number of carbonyl (C=O) groups excluding carboxylic acids is 1. The Kier molecular flexibility index (Phi) is 7.13. The zero-order chi connectivity index (χ0) is 22.7. The van der Waals surface area contributed by atoms with Crippen molar-refractivity contribution in [2.45, 2.75) is 45.1 Å². The van der Waals surface area contributed by atoms with Gasteiger partial charge < -0.3 is 9.64 Å². The first-order valence-electron chi connectivity index (χ1n) is 11.2. The predicted molar refractivity (Wildman–Crippen MR) is 130 cm³/mol. The van der Waals surface area contributed by atoms with Crippen LogP contribution in [0.25, 0.3) is 0 Å². The van der Waals surface area contributed by atoms with Gasteiger partial charge in [-0.05, 0) is 57.9 Å². The third kappa shape index (κ3) is 5.30. The molecule has 1 N–H and O–H groups in total. The molecule has 8 heteroatoms. The molecule has 2 aromatic rings. The highest BCUT2D eigenvalue weighted by molar-refractivity contribution is 6.43. The highest BCUT2D eigenvalue weighted by Gasteiger charge is 2.33. The van der Waals surface area contributed by atoms with E-state index in [1.54, 1.807) is 0 Å². The second-order valence-electron chi connectivity index (χ2n) is 8.96. The van der Waals surface area contributed by atoms with Crippen LogP contribution >= 0.6 is 23.2 Å². The zero-order valence-electron chi connectivity index (χ0n) is 18.7. The molecule has 0 atom stereocenters. The largest absolute Gasteiger partial charge is 0.438 e. The number of unbranched alkanes of at least 4 members (excludes halogenated alkanes) is 2. The Balaban J connectivity index is 1.18. The van der Waals surface area contributed by atoms with Crippen molar-refractivity contribution in [3.63, 3.8) is 0 Å². The first-order chi connectivity index (χ1) is 15.3. The molecule has 0 unspecified atom stereocenters. The number of nitrogens with one attached hydrogen (secondary N) is 1. The maximum absolute atomic E-state index is 11.8. The fourth-order valence-electron chi connectivity index (χ4n) is 4.41. The van der Waals surface area contributed by atoms with Gasteiger partial charge in [0.2, 0.25) is 0 Å². The molecular formula is C24H30Cl2N4O2. The SMILES string of the molecule is CC1(C)OC(=O)Nc2cc(CCCCCN3CCN(c4cccc(Cl)c4Cl)CC3)ncc21. The molecule has 1 aromatic heterocycles. The Bertz CT molecular complexity index is 974. The van der Waals surface area contributed by atoms with Crippen LogP contribution in [-0.4, -0.2) is 48.7 Å². The zero-order valence-corrected chi connectivity index (χ0v) is 20.2. The lowest BCUT2D eigenvalue weighted by atomic mass is 9.96. The van der Waals surface area contributed by atoms with E-state index < -0.39 is 11.7 Å².